The molecule has 0 saturated carbocycles. The molecule has 2 aromatic rings. The molecule has 0 atom stereocenters. The number of benzene rings is 2. The number of nitrogens with zero attached hydrogens (tertiary/aromatic N) is 2. The first-order chi connectivity index (χ1) is 12.8. The van der Waals surface area contributed by atoms with Gasteiger partial charge in [0.1, 0.15) is 5.75 Å². The van der Waals surface area contributed by atoms with Crippen LogP contribution in [0.2, 0.25) is 0 Å². The van der Waals surface area contributed by atoms with E-state index in [1.807, 2.05) is 42.5 Å². The number of carbonyl (C=O) groups is 1. The highest BCUT2D eigenvalue weighted by atomic mass is 16.7. The molecule has 1 N–H and O–H groups in total. The van der Waals surface area contributed by atoms with Gasteiger partial charge in [-0.1, -0.05) is 30.3 Å². The van der Waals surface area contributed by atoms with Crippen molar-refractivity contribution in [2.24, 2.45) is 0 Å². The molecular weight excluding hydrogens is 330 g/mol. The average Bonchev–Trinajstić information content (AvgIpc) is 2.95. The van der Waals surface area contributed by atoms with Gasteiger partial charge in [0.15, 0.2) is 0 Å². The number of rotatable bonds is 5. The van der Waals surface area contributed by atoms with E-state index in [2.05, 4.69) is 22.5 Å². The molecular formula is C20H25N3O3. The second kappa shape index (κ2) is 9.10. The monoisotopic (exact) mass is 355 g/mol. The van der Waals surface area contributed by atoms with Crippen LogP contribution in [0.4, 0.5) is 10.5 Å². The lowest BCUT2D eigenvalue weighted by molar-refractivity contribution is 0.0371. The molecule has 26 heavy (non-hydrogen) atoms. The summed E-state index contributed by atoms with van der Waals surface area (Å²) in [5.41, 5.74) is 4.72. The predicted octanol–water partition coefficient (Wildman–Crippen LogP) is 3.05. The molecule has 1 aliphatic rings. The largest absolute Gasteiger partial charge is 0.497 e. The number of carbonyl (C=O) groups excluding carboxylic acids is 1. The van der Waals surface area contributed by atoms with Gasteiger partial charge in [0.25, 0.3) is 0 Å². The quantitative estimate of drug-likeness (QED) is 0.838. The van der Waals surface area contributed by atoms with Gasteiger partial charge in [-0.3, -0.25) is 4.84 Å². The highest BCUT2D eigenvalue weighted by molar-refractivity contribution is 5.73. The van der Waals surface area contributed by atoms with Crippen LogP contribution in [-0.2, 0) is 11.4 Å². The fourth-order valence-electron chi connectivity index (χ4n) is 2.99. The average molecular weight is 355 g/mol. The third-order valence-electron chi connectivity index (χ3n) is 4.46. The van der Waals surface area contributed by atoms with E-state index in [1.54, 1.807) is 12.0 Å². The Kier molecular flexibility index (Phi) is 6.33. The van der Waals surface area contributed by atoms with Crippen molar-refractivity contribution in [1.82, 2.24) is 10.4 Å². The lowest BCUT2D eigenvalue weighted by atomic mass is 10.2. The Labute approximate surface area is 154 Å². The van der Waals surface area contributed by atoms with Crippen LogP contribution in [0.3, 0.4) is 0 Å². The van der Waals surface area contributed by atoms with Gasteiger partial charge in [-0.05, 0) is 36.2 Å². The Morgan fingerprint density at radius 2 is 1.77 bits per heavy atom. The lowest BCUT2D eigenvalue weighted by Gasteiger charge is -2.24. The first-order valence-corrected chi connectivity index (χ1v) is 8.86. The highest BCUT2D eigenvalue weighted by Gasteiger charge is 2.19. The van der Waals surface area contributed by atoms with Gasteiger partial charge in [-0.2, -0.15) is 0 Å². The van der Waals surface area contributed by atoms with Crippen molar-refractivity contribution in [3.63, 3.8) is 0 Å². The van der Waals surface area contributed by atoms with E-state index in [9.17, 15) is 4.79 Å². The van der Waals surface area contributed by atoms with Crippen molar-refractivity contribution in [3.8, 4) is 5.75 Å². The second-order valence-corrected chi connectivity index (χ2v) is 6.21. The van der Waals surface area contributed by atoms with Crippen LogP contribution in [0.1, 0.15) is 12.0 Å². The van der Waals surface area contributed by atoms with E-state index in [1.165, 1.54) is 0 Å². The maximum Gasteiger partial charge on any atom is 0.341 e. The maximum absolute atomic E-state index is 12.3. The Hall–Kier alpha value is -2.73. The Morgan fingerprint density at radius 1 is 1.00 bits per heavy atom. The third kappa shape index (κ3) is 4.89. The fourth-order valence-corrected chi connectivity index (χ4v) is 2.99. The van der Waals surface area contributed by atoms with E-state index in [4.69, 9.17) is 9.57 Å². The van der Waals surface area contributed by atoms with Crippen LogP contribution in [0, 0.1) is 0 Å². The molecule has 1 heterocycles. The summed E-state index contributed by atoms with van der Waals surface area (Å²) in [5, 5.41) is 0. The summed E-state index contributed by atoms with van der Waals surface area (Å²) in [6.07, 6.45) is 0.915. The summed E-state index contributed by atoms with van der Waals surface area (Å²) in [6, 6.07) is 17.6. The van der Waals surface area contributed by atoms with Crippen molar-refractivity contribution >= 4 is 11.7 Å². The summed E-state index contributed by atoms with van der Waals surface area (Å²) < 4.78 is 5.21. The molecule has 0 radical (unpaired) electrons. The van der Waals surface area contributed by atoms with Crippen molar-refractivity contribution in [3.05, 3.63) is 60.2 Å². The molecule has 0 aromatic heterocycles. The number of nitrogens with one attached hydrogen (secondary N) is 1. The van der Waals surface area contributed by atoms with Crippen LogP contribution in [0.15, 0.2) is 54.6 Å². The zero-order valence-electron chi connectivity index (χ0n) is 15.1. The Balaban J connectivity index is 1.47. The van der Waals surface area contributed by atoms with Crippen LogP contribution in [0.25, 0.3) is 0 Å². The SMILES string of the molecule is COc1ccc(N2CCCN(C(=O)NOCc3ccccc3)CC2)cc1. The summed E-state index contributed by atoms with van der Waals surface area (Å²) in [7, 11) is 1.66. The minimum absolute atomic E-state index is 0.183. The topological polar surface area (TPSA) is 54.0 Å². The highest BCUT2D eigenvalue weighted by Crippen LogP contribution is 2.20. The van der Waals surface area contributed by atoms with Gasteiger partial charge in [0.2, 0.25) is 0 Å². The van der Waals surface area contributed by atoms with Crippen LogP contribution >= 0.6 is 0 Å². The molecule has 0 unspecified atom stereocenters. The summed E-state index contributed by atoms with van der Waals surface area (Å²) in [4.78, 5) is 21.8. The zero-order chi connectivity index (χ0) is 18.2. The normalized spacial score (nSPS) is 14.7. The van der Waals surface area contributed by atoms with E-state index in [-0.39, 0.29) is 6.03 Å². The number of urea groups is 1. The van der Waals surface area contributed by atoms with Gasteiger partial charge < -0.3 is 14.5 Å². The van der Waals surface area contributed by atoms with Gasteiger partial charge in [-0.25, -0.2) is 10.3 Å². The van der Waals surface area contributed by atoms with Crippen LogP contribution in [-0.4, -0.2) is 44.2 Å². The molecule has 2 aromatic carbocycles. The van der Waals surface area contributed by atoms with E-state index in [0.29, 0.717) is 19.7 Å². The fraction of sp³-hybridized carbons (Fsp3) is 0.350. The van der Waals surface area contributed by atoms with Crippen molar-refractivity contribution in [1.29, 1.82) is 0 Å². The molecule has 0 bridgehead atoms. The molecule has 6 nitrogen and oxygen atoms in total. The molecule has 138 valence electrons. The number of hydrogen-bond acceptors (Lipinski definition) is 4. The molecule has 3 rings (SSSR count). The molecule has 1 saturated heterocycles. The maximum atomic E-state index is 12.3. The number of amides is 2. The van der Waals surface area contributed by atoms with E-state index < -0.39 is 0 Å². The standard InChI is InChI=1S/C20H25N3O3/c1-25-19-10-8-18(9-11-19)22-12-5-13-23(15-14-22)20(24)21-26-16-17-6-3-2-4-7-17/h2-4,6-11H,5,12-16H2,1H3,(H,21,24). The molecule has 0 aliphatic carbocycles. The number of ether oxygens (including phenoxy) is 1. The number of methoxy groups -OCH3 is 1. The van der Waals surface area contributed by atoms with Crippen LogP contribution < -0.4 is 15.1 Å². The van der Waals surface area contributed by atoms with Crippen LogP contribution in [0.5, 0.6) is 5.75 Å². The summed E-state index contributed by atoms with van der Waals surface area (Å²) in [6.45, 7) is 3.44. The molecule has 2 amide bonds. The van der Waals surface area contributed by atoms with Gasteiger partial charge >= 0.3 is 6.03 Å². The van der Waals surface area contributed by atoms with Crippen molar-refractivity contribution in [2.45, 2.75) is 13.0 Å². The third-order valence-corrected chi connectivity index (χ3v) is 4.46. The number of hydrogen-bond donors (Lipinski definition) is 1. The predicted molar refractivity (Wildman–Crippen MR) is 101 cm³/mol. The van der Waals surface area contributed by atoms with Gasteiger partial charge in [0.05, 0.1) is 13.7 Å². The van der Waals surface area contributed by atoms with Gasteiger partial charge in [0, 0.05) is 31.9 Å². The first kappa shape index (κ1) is 18.1. The summed E-state index contributed by atoms with van der Waals surface area (Å²) >= 11 is 0. The number of anilines is 1. The zero-order valence-corrected chi connectivity index (χ0v) is 15.1. The minimum Gasteiger partial charge on any atom is -0.497 e. The number of hydroxylamine groups is 1. The molecule has 1 aliphatic heterocycles. The van der Waals surface area contributed by atoms with E-state index in [0.717, 1.165) is 36.5 Å². The first-order valence-electron chi connectivity index (χ1n) is 8.86. The minimum atomic E-state index is -0.183. The van der Waals surface area contributed by atoms with E-state index >= 15 is 0 Å². The summed E-state index contributed by atoms with van der Waals surface area (Å²) in [5.74, 6) is 0.847. The lowest BCUT2D eigenvalue weighted by Crippen LogP contribution is -2.42. The Morgan fingerprint density at radius 3 is 2.50 bits per heavy atom. The molecule has 1 fully saturated rings. The van der Waals surface area contributed by atoms with Crippen molar-refractivity contribution < 1.29 is 14.4 Å². The molecule has 6 heteroatoms. The molecule has 0 spiro atoms. The Bertz CT molecular complexity index is 691. The van der Waals surface area contributed by atoms with Gasteiger partial charge in [-0.15, -0.1) is 0 Å². The second-order valence-electron chi connectivity index (χ2n) is 6.21. The van der Waals surface area contributed by atoms with Crippen molar-refractivity contribution in [2.75, 3.05) is 38.2 Å². The smallest absolute Gasteiger partial charge is 0.341 e.